The van der Waals surface area contributed by atoms with Crippen LogP contribution in [0.4, 0.5) is 0 Å². The monoisotopic (exact) mass is 340 g/mol. The van der Waals surface area contributed by atoms with Crippen LogP contribution in [0.2, 0.25) is 5.02 Å². The molecule has 1 unspecified atom stereocenters. The van der Waals surface area contributed by atoms with Gasteiger partial charge in [0.1, 0.15) is 6.33 Å². The smallest absolute Gasteiger partial charge is 0.253 e. The molecule has 2 N–H and O–H groups in total. The lowest BCUT2D eigenvalue weighted by Gasteiger charge is -2.15. The van der Waals surface area contributed by atoms with E-state index < -0.39 is 0 Å². The molecule has 4 rings (SSSR count). The molecule has 0 radical (unpaired) electrons. The van der Waals surface area contributed by atoms with Crippen molar-refractivity contribution in [1.29, 1.82) is 0 Å². The molecule has 0 bridgehead atoms. The zero-order valence-electron chi connectivity index (χ0n) is 13.0. The van der Waals surface area contributed by atoms with E-state index in [0.29, 0.717) is 17.1 Å². The molecule has 1 aromatic heterocycles. The Labute approximate surface area is 144 Å². The van der Waals surface area contributed by atoms with Gasteiger partial charge in [0.05, 0.1) is 11.0 Å². The summed E-state index contributed by atoms with van der Waals surface area (Å²) in [7, 11) is 0. The second kappa shape index (κ2) is 5.92. The molecule has 1 amide bonds. The van der Waals surface area contributed by atoms with E-state index in [0.717, 1.165) is 29.7 Å². The molecule has 122 valence electrons. The lowest BCUT2D eigenvalue weighted by atomic mass is 10.1. The van der Waals surface area contributed by atoms with Crippen molar-refractivity contribution in [3.05, 3.63) is 59.4 Å². The van der Waals surface area contributed by atoms with Crippen molar-refractivity contribution < 1.29 is 4.79 Å². The molecule has 1 saturated heterocycles. The molecule has 2 heterocycles. The van der Waals surface area contributed by atoms with Crippen LogP contribution in [0.1, 0.15) is 16.8 Å². The molecule has 0 saturated carbocycles. The number of rotatable bonds is 2. The lowest BCUT2D eigenvalue weighted by molar-refractivity contribution is 0.0791. The average molecular weight is 341 g/mol. The second-order valence-electron chi connectivity index (χ2n) is 6.10. The van der Waals surface area contributed by atoms with E-state index in [1.807, 2.05) is 47.0 Å². The molecule has 1 fully saturated rings. The first kappa shape index (κ1) is 15.2. The Morgan fingerprint density at radius 3 is 2.88 bits per heavy atom. The van der Waals surface area contributed by atoms with E-state index in [1.165, 1.54) is 0 Å². The Morgan fingerprint density at radius 2 is 2.12 bits per heavy atom. The molecule has 0 aliphatic carbocycles. The minimum Gasteiger partial charge on any atom is -0.337 e. The fraction of sp³-hybridized carbons (Fsp3) is 0.222. The number of hydrogen-bond acceptors (Lipinski definition) is 3. The van der Waals surface area contributed by atoms with Gasteiger partial charge in [-0.05, 0) is 42.8 Å². The van der Waals surface area contributed by atoms with Gasteiger partial charge in [0.15, 0.2) is 0 Å². The van der Waals surface area contributed by atoms with Crippen LogP contribution in [-0.2, 0) is 0 Å². The van der Waals surface area contributed by atoms with Gasteiger partial charge in [-0.1, -0.05) is 17.7 Å². The summed E-state index contributed by atoms with van der Waals surface area (Å²) in [5.74, 6) is 0.0159. The summed E-state index contributed by atoms with van der Waals surface area (Å²) in [5.41, 5.74) is 9.20. The highest BCUT2D eigenvalue weighted by molar-refractivity contribution is 6.30. The van der Waals surface area contributed by atoms with E-state index in [-0.39, 0.29) is 11.9 Å². The molecule has 6 heteroatoms. The molecule has 1 aliphatic rings. The molecule has 5 nitrogen and oxygen atoms in total. The number of benzene rings is 2. The predicted molar refractivity (Wildman–Crippen MR) is 94.6 cm³/mol. The number of amides is 1. The topological polar surface area (TPSA) is 64.2 Å². The maximum atomic E-state index is 12.6. The van der Waals surface area contributed by atoms with Gasteiger partial charge in [-0.2, -0.15) is 0 Å². The largest absolute Gasteiger partial charge is 0.337 e. The van der Waals surface area contributed by atoms with E-state index in [9.17, 15) is 4.79 Å². The van der Waals surface area contributed by atoms with Gasteiger partial charge < -0.3 is 10.6 Å². The Bertz CT molecular complexity index is 920. The molecule has 2 aromatic carbocycles. The fourth-order valence-electron chi connectivity index (χ4n) is 3.13. The van der Waals surface area contributed by atoms with Crippen molar-refractivity contribution >= 4 is 28.5 Å². The third kappa shape index (κ3) is 2.66. The highest BCUT2D eigenvalue weighted by Gasteiger charge is 2.24. The van der Waals surface area contributed by atoms with Crippen LogP contribution >= 0.6 is 11.6 Å². The zero-order valence-corrected chi connectivity index (χ0v) is 13.8. The van der Waals surface area contributed by atoms with Crippen LogP contribution in [-0.4, -0.2) is 39.5 Å². The summed E-state index contributed by atoms with van der Waals surface area (Å²) in [6.45, 7) is 1.34. The first-order chi connectivity index (χ1) is 11.6. The Hall–Kier alpha value is -2.37. The van der Waals surface area contributed by atoms with Gasteiger partial charge in [0.2, 0.25) is 0 Å². The highest BCUT2D eigenvalue weighted by atomic mass is 35.5. The summed E-state index contributed by atoms with van der Waals surface area (Å²) in [6, 6.07) is 13.3. The molecular formula is C18H17ClN4O. The van der Waals surface area contributed by atoms with Gasteiger partial charge in [-0.15, -0.1) is 0 Å². The molecular weight excluding hydrogens is 324 g/mol. The summed E-state index contributed by atoms with van der Waals surface area (Å²) in [4.78, 5) is 18.8. The van der Waals surface area contributed by atoms with Crippen molar-refractivity contribution in [2.45, 2.75) is 12.5 Å². The predicted octanol–water partition coefficient (Wildman–Crippen LogP) is 2.85. The summed E-state index contributed by atoms with van der Waals surface area (Å²) in [6.07, 6.45) is 2.60. The highest BCUT2D eigenvalue weighted by Crippen LogP contribution is 2.22. The van der Waals surface area contributed by atoms with Crippen molar-refractivity contribution in [1.82, 2.24) is 14.5 Å². The number of hydrogen-bond donors (Lipinski definition) is 1. The van der Waals surface area contributed by atoms with Crippen molar-refractivity contribution in [2.24, 2.45) is 5.73 Å². The third-order valence-electron chi connectivity index (χ3n) is 4.39. The minimum atomic E-state index is 0.0159. The summed E-state index contributed by atoms with van der Waals surface area (Å²) in [5, 5.41) is 0.673. The van der Waals surface area contributed by atoms with Gasteiger partial charge in [0.25, 0.3) is 5.91 Å². The number of halogens is 1. The van der Waals surface area contributed by atoms with E-state index in [4.69, 9.17) is 17.3 Å². The molecule has 3 aromatic rings. The molecule has 1 atom stereocenters. The number of fused-ring (bicyclic) bond motifs is 1. The number of likely N-dealkylation sites (tertiary alicyclic amines) is 1. The molecule has 0 spiro atoms. The molecule has 1 aliphatic heterocycles. The van der Waals surface area contributed by atoms with Gasteiger partial charge >= 0.3 is 0 Å². The second-order valence-corrected chi connectivity index (χ2v) is 6.53. The van der Waals surface area contributed by atoms with Gasteiger partial charge in [0, 0.05) is 35.4 Å². The fourth-order valence-corrected chi connectivity index (χ4v) is 3.32. The normalized spacial score (nSPS) is 17.6. The SMILES string of the molecule is NC1CCN(C(=O)c2ccc3c(c2)ncn3-c2cccc(Cl)c2)C1. The average Bonchev–Trinajstić information content (AvgIpc) is 3.19. The van der Waals surface area contributed by atoms with Crippen LogP contribution in [0.5, 0.6) is 0 Å². The number of aromatic nitrogens is 2. The number of carbonyl (C=O) groups is 1. The van der Waals surface area contributed by atoms with E-state index >= 15 is 0 Å². The van der Waals surface area contributed by atoms with Crippen LogP contribution in [0.3, 0.4) is 0 Å². The number of nitrogens with zero attached hydrogens (tertiary/aromatic N) is 3. The maximum Gasteiger partial charge on any atom is 0.253 e. The van der Waals surface area contributed by atoms with E-state index in [1.54, 1.807) is 11.2 Å². The summed E-state index contributed by atoms with van der Waals surface area (Å²) >= 11 is 6.07. The first-order valence-electron chi connectivity index (χ1n) is 7.90. The van der Waals surface area contributed by atoms with Gasteiger partial charge in [-0.3, -0.25) is 9.36 Å². The maximum absolute atomic E-state index is 12.6. The number of imidazole rings is 1. The van der Waals surface area contributed by atoms with Crippen LogP contribution < -0.4 is 5.73 Å². The first-order valence-corrected chi connectivity index (χ1v) is 8.27. The molecule has 24 heavy (non-hydrogen) atoms. The summed E-state index contributed by atoms with van der Waals surface area (Å²) < 4.78 is 1.96. The van der Waals surface area contributed by atoms with Crippen molar-refractivity contribution in [3.8, 4) is 5.69 Å². The quantitative estimate of drug-likeness (QED) is 0.780. The minimum absolute atomic E-state index is 0.0159. The van der Waals surface area contributed by atoms with Crippen molar-refractivity contribution in [2.75, 3.05) is 13.1 Å². The Balaban J connectivity index is 1.69. The van der Waals surface area contributed by atoms with Crippen LogP contribution in [0, 0.1) is 0 Å². The Morgan fingerprint density at radius 1 is 1.25 bits per heavy atom. The van der Waals surface area contributed by atoms with Gasteiger partial charge in [-0.25, -0.2) is 4.98 Å². The van der Waals surface area contributed by atoms with E-state index in [2.05, 4.69) is 4.98 Å². The standard InChI is InChI=1S/C18H17ClN4O/c19-13-2-1-3-15(9-13)23-11-21-16-8-12(4-5-17(16)23)18(24)22-7-6-14(20)10-22/h1-5,8-9,11,14H,6-7,10,20H2. The van der Waals surface area contributed by atoms with Crippen LogP contribution in [0.25, 0.3) is 16.7 Å². The lowest BCUT2D eigenvalue weighted by Crippen LogP contribution is -2.31. The zero-order chi connectivity index (χ0) is 16.7. The Kier molecular flexibility index (Phi) is 3.75. The van der Waals surface area contributed by atoms with Crippen LogP contribution in [0.15, 0.2) is 48.8 Å². The number of carbonyl (C=O) groups excluding carboxylic acids is 1. The van der Waals surface area contributed by atoms with Crippen molar-refractivity contribution in [3.63, 3.8) is 0 Å². The third-order valence-corrected chi connectivity index (χ3v) is 4.63. The number of nitrogens with two attached hydrogens (primary N) is 1.